The van der Waals surface area contributed by atoms with Crippen LogP contribution in [-0.2, 0) is 0 Å². The average Bonchev–Trinajstić information content (AvgIpc) is 4.02. The summed E-state index contributed by atoms with van der Waals surface area (Å²) >= 11 is 1.81. The van der Waals surface area contributed by atoms with Gasteiger partial charge in [-0.15, -0.1) is 11.3 Å². The van der Waals surface area contributed by atoms with Crippen LogP contribution in [-0.4, -0.2) is 24.1 Å². The van der Waals surface area contributed by atoms with Crippen molar-refractivity contribution >= 4 is 75.1 Å². The predicted octanol–water partition coefficient (Wildman–Crippen LogP) is 15.1. The molecule has 63 heavy (non-hydrogen) atoms. The molecule has 4 heterocycles. The van der Waals surface area contributed by atoms with Gasteiger partial charge < -0.3 is 4.57 Å². The van der Waals surface area contributed by atoms with Crippen LogP contribution >= 0.6 is 11.3 Å². The highest BCUT2D eigenvalue weighted by Crippen LogP contribution is 2.45. The summed E-state index contributed by atoms with van der Waals surface area (Å²) in [6.45, 7) is 0. The van der Waals surface area contributed by atoms with Crippen molar-refractivity contribution < 1.29 is 0 Å². The third-order valence-corrected chi connectivity index (χ3v) is 13.5. The Labute approximate surface area is 366 Å². The molecule has 0 radical (unpaired) electrons. The third kappa shape index (κ3) is 5.59. The molecule has 5 nitrogen and oxygen atoms in total. The lowest BCUT2D eigenvalue weighted by Crippen LogP contribution is -2.07. The Morgan fingerprint density at radius 3 is 1.57 bits per heavy atom. The molecule has 0 aliphatic rings. The predicted molar refractivity (Wildman–Crippen MR) is 263 cm³/mol. The van der Waals surface area contributed by atoms with Gasteiger partial charge in [0.05, 0.1) is 27.8 Å². The smallest absolute Gasteiger partial charge is 0.238 e. The summed E-state index contributed by atoms with van der Waals surface area (Å²) in [4.78, 5) is 16.1. The van der Waals surface area contributed by atoms with Crippen LogP contribution < -0.4 is 0 Å². The van der Waals surface area contributed by atoms with Crippen LogP contribution in [0.3, 0.4) is 0 Å². The molecule has 4 aromatic heterocycles. The van der Waals surface area contributed by atoms with Gasteiger partial charge in [0, 0.05) is 58.4 Å². The van der Waals surface area contributed by atoms with Gasteiger partial charge in [-0.3, -0.25) is 4.57 Å². The molecule has 0 bridgehead atoms. The second-order valence-electron chi connectivity index (χ2n) is 16.0. The van der Waals surface area contributed by atoms with Crippen molar-refractivity contribution in [3.63, 3.8) is 0 Å². The molecule has 0 amide bonds. The molecule has 13 aromatic rings. The van der Waals surface area contributed by atoms with E-state index in [1.54, 1.807) is 0 Å². The number of para-hydroxylation sites is 2. The number of fused-ring (bicyclic) bond motifs is 10. The Bertz CT molecular complexity index is 3900. The van der Waals surface area contributed by atoms with Crippen LogP contribution in [0, 0.1) is 0 Å². The largest absolute Gasteiger partial charge is 0.307 e. The molecule has 0 aliphatic heterocycles. The Kier molecular flexibility index (Phi) is 8.01. The molecule has 294 valence electrons. The molecule has 0 unspecified atom stereocenters. The number of hydrogen-bond donors (Lipinski definition) is 0. The monoisotopic (exact) mass is 821 g/mol. The molecular formula is C57H35N5S. The van der Waals surface area contributed by atoms with Crippen LogP contribution in [0.1, 0.15) is 0 Å². The summed E-state index contributed by atoms with van der Waals surface area (Å²) in [7, 11) is 0. The maximum absolute atomic E-state index is 5.46. The lowest BCUT2D eigenvalue weighted by Gasteiger charge is -2.19. The molecule has 0 fully saturated rings. The third-order valence-electron chi connectivity index (χ3n) is 12.4. The van der Waals surface area contributed by atoms with Crippen molar-refractivity contribution in [1.82, 2.24) is 24.1 Å². The Hall–Kier alpha value is -8.19. The van der Waals surface area contributed by atoms with Gasteiger partial charge in [0.15, 0.2) is 11.6 Å². The van der Waals surface area contributed by atoms with Crippen molar-refractivity contribution in [1.29, 1.82) is 0 Å². The summed E-state index contributed by atoms with van der Waals surface area (Å²) in [5.41, 5.74) is 11.9. The van der Waals surface area contributed by atoms with Gasteiger partial charge in [-0.2, -0.15) is 9.97 Å². The van der Waals surface area contributed by atoms with E-state index in [-0.39, 0.29) is 0 Å². The van der Waals surface area contributed by atoms with Gasteiger partial charge in [-0.05, 0) is 59.2 Å². The summed E-state index contributed by atoms with van der Waals surface area (Å²) < 4.78 is 7.26. The Morgan fingerprint density at radius 2 is 0.873 bits per heavy atom. The SMILES string of the molecule is c1ccc(-c2nc(-c3ccc4sc5ccccc5c4c3)nc(-n3c4ccccc4c4ccc5c6ccccc6n(-c6cccc(-c7ccccc7)c6-c6ccccc6)c5c43)n2)cc1. The summed E-state index contributed by atoms with van der Waals surface area (Å²) in [5.74, 6) is 1.80. The van der Waals surface area contributed by atoms with E-state index in [1.807, 2.05) is 29.5 Å². The van der Waals surface area contributed by atoms with E-state index < -0.39 is 0 Å². The first-order valence-corrected chi connectivity index (χ1v) is 22.0. The van der Waals surface area contributed by atoms with E-state index in [1.165, 1.54) is 31.1 Å². The van der Waals surface area contributed by atoms with E-state index in [9.17, 15) is 0 Å². The number of aromatic nitrogens is 5. The van der Waals surface area contributed by atoms with Gasteiger partial charge in [0.1, 0.15) is 0 Å². The summed E-state index contributed by atoms with van der Waals surface area (Å²) in [6, 6.07) is 75.7. The number of rotatable bonds is 6. The summed E-state index contributed by atoms with van der Waals surface area (Å²) in [5, 5.41) is 7.01. The summed E-state index contributed by atoms with van der Waals surface area (Å²) in [6.07, 6.45) is 0. The fourth-order valence-electron chi connectivity index (χ4n) is 9.63. The van der Waals surface area contributed by atoms with Crippen molar-refractivity contribution in [2.75, 3.05) is 0 Å². The minimum Gasteiger partial charge on any atom is -0.307 e. The average molecular weight is 822 g/mol. The first-order valence-electron chi connectivity index (χ1n) is 21.2. The van der Waals surface area contributed by atoms with Crippen LogP contribution in [0.15, 0.2) is 212 Å². The minimum absolute atomic E-state index is 0.561. The quantitative estimate of drug-likeness (QED) is 0.168. The van der Waals surface area contributed by atoms with Crippen LogP contribution in [0.2, 0.25) is 0 Å². The normalized spacial score (nSPS) is 11.8. The van der Waals surface area contributed by atoms with Crippen LogP contribution in [0.25, 0.3) is 120 Å². The van der Waals surface area contributed by atoms with E-state index >= 15 is 0 Å². The number of thiophene rings is 1. The second kappa shape index (κ2) is 14.2. The maximum atomic E-state index is 5.46. The molecule has 6 heteroatoms. The molecule has 0 saturated heterocycles. The first-order chi connectivity index (χ1) is 31.3. The minimum atomic E-state index is 0.561. The molecular weight excluding hydrogens is 787 g/mol. The van der Waals surface area contributed by atoms with Gasteiger partial charge in [-0.25, -0.2) is 4.98 Å². The van der Waals surface area contributed by atoms with Gasteiger partial charge >= 0.3 is 0 Å². The molecule has 0 N–H and O–H groups in total. The number of nitrogens with zero attached hydrogens (tertiary/aromatic N) is 5. The van der Waals surface area contributed by atoms with Crippen molar-refractivity contribution in [3.8, 4) is 56.7 Å². The van der Waals surface area contributed by atoms with E-state index in [0.717, 1.165) is 71.7 Å². The van der Waals surface area contributed by atoms with Crippen LogP contribution in [0.5, 0.6) is 0 Å². The van der Waals surface area contributed by atoms with Crippen LogP contribution in [0.4, 0.5) is 0 Å². The fraction of sp³-hybridized carbons (Fsp3) is 0. The van der Waals surface area contributed by atoms with E-state index in [0.29, 0.717) is 17.6 Å². The standard InChI is InChI=1S/C57H35N5S/c1-4-17-36(18-5-1)40-26-16-29-49(52(40)37-19-6-2-7-20-37)61-47-27-13-10-23-41(47)44-32-33-45-42-24-11-14-28-48(42)62(54(45)53(44)61)57-59-55(38-21-8-3-9-22-38)58-56(60-57)39-31-34-51-46(35-39)43-25-12-15-30-50(43)63-51/h1-35H. The Balaban J connectivity index is 1.17. The molecule has 13 rings (SSSR count). The highest BCUT2D eigenvalue weighted by molar-refractivity contribution is 7.25. The van der Waals surface area contributed by atoms with Gasteiger partial charge in [0.25, 0.3) is 0 Å². The Morgan fingerprint density at radius 1 is 0.333 bits per heavy atom. The van der Waals surface area contributed by atoms with E-state index in [4.69, 9.17) is 15.0 Å². The maximum Gasteiger partial charge on any atom is 0.238 e. The zero-order valence-electron chi connectivity index (χ0n) is 33.9. The second-order valence-corrected chi connectivity index (χ2v) is 17.0. The molecule has 9 aromatic carbocycles. The van der Waals surface area contributed by atoms with Crippen molar-refractivity contribution in [3.05, 3.63) is 212 Å². The topological polar surface area (TPSA) is 48.5 Å². The zero-order chi connectivity index (χ0) is 41.4. The highest BCUT2D eigenvalue weighted by Gasteiger charge is 2.25. The van der Waals surface area contributed by atoms with Crippen molar-refractivity contribution in [2.45, 2.75) is 0 Å². The van der Waals surface area contributed by atoms with Crippen molar-refractivity contribution in [2.24, 2.45) is 0 Å². The number of hydrogen-bond acceptors (Lipinski definition) is 4. The first kappa shape index (κ1) is 35.6. The molecule has 0 aliphatic carbocycles. The highest BCUT2D eigenvalue weighted by atomic mass is 32.1. The lowest BCUT2D eigenvalue weighted by molar-refractivity contribution is 0.953. The molecule has 0 atom stereocenters. The van der Waals surface area contributed by atoms with Gasteiger partial charge in [0.2, 0.25) is 5.95 Å². The zero-order valence-corrected chi connectivity index (χ0v) is 34.7. The van der Waals surface area contributed by atoms with E-state index in [2.05, 4.69) is 203 Å². The van der Waals surface area contributed by atoms with Gasteiger partial charge in [-0.1, -0.05) is 170 Å². The number of benzene rings is 9. The fourth-order valence-corrected chi connectivity index (χ4v) is 10.7. The lowest BCUT2D eigenvalue weighted by atomic mass is 9.93. The molecule has 0 saturated carbocycles. The molecule has 0 spiro atoms.